The van der Waals surface area contributed by atoms with E-state index in [1.54, 1.807) is 0 Å². The second-order valence-electron chi connectivity index (χ2n) is 4.01. The number of hydrogen-bond acceptors (Lipinski definition) is 4. The van der Waals surface area contributed by atoms with Gasteiger partial charge in [-0.25, -0.2) is 4.79 Å². The van der Waals surface area contributed by atoms with Gasteiger partial charge >= 0.3 is 5.63 Å². The molecule has 2 aromatic rings. The number of thiol groups is 1. The normalized spacial score (nSPS) is 9.75. The number of anilines is 1. The van der Waals surface area contributed by atoms with Gasteiger partial charge in [-0.1, -0.05) is 18.2 Å². The molecular weight excluding hydrogens is 274 g/mol. The number of nitrogens with one attached hydrogen (secondary N) is 1. The smallest absolute Gasteiger partial charge is 0.360 e. The Morgan fingerprint density at radius 3 is 2.45 bits per heavy atom. The van der Waals surface area contributed by atoms with Gasteiger partial charge in [0.1, 0.15) is 16.4 Å². The van der Waals surface area contributed by atoms with E-state index in [4.69, 9.17) is 9.83 Å². The van der Waals surface area contributed by atoms with E-state index >= 15 is 0 Å². The topological polar surface area (TPSA) is 83.3 Å². The highest BCUT2D eigenvalue weighted by Crippen LogP contribution is 2.17. The Bertz CT molecular complexity index is 632. The van der Waals surface area contributed by atoms with Crippen LogP contribution in [0.15, 0.2) is 39.5 Å². The van der Waals surface area contributed by atoms with Crippen molar-refractivity contribution in [2.24, 2.45) is 5.73 Å². The Hall–Kier alpha value is -1.95. The molecular formula is C14H19N3O2S. The lowest BCUT2D eigenvalue weighted by Crippen LogP contribution is -2.27. The molecule has 0 atom stereocenters. The molecule has 0 radical (unpaired) electrons. The maximum Gasteiger partial charge on any atom is 0.360 e. The highest BCUT2D eigenvalue weighted by Gasteiger charge is 2.09. The maximum atomic E-state index is 11.8. The van der Waals surface area contributed by atoms with E-state index in [2.05, 4.69) is 18.4 Å². The fourth-order valence-electron chi connectivity index (χ4n) is 1.84. The van der Waals surface area contributed by atoms with Crippen LogP contribution < -0.4 is 16.3 Å². The first-order valence-electron chi connectivity index (χ1n) is 6.30. The molecule has 3 N–H and O–H groups in total. The van der Waals surface area contributed by atoms with Crippen LogP contribution in [0.1, 0.15) is 13.8 Å². The predicted molar refractivity (Wildman–Crippen MR) is 86.9 cm³/mol. The van der Waals surface area contributed by atoms with Crippen LogP contribution in [0.2, 0.25) is 0 Å². The van der Waals surface area contributed by atoms with Gasteiger partial charge in [0.2, 0.25) is 0 Å². The first-order valence-corrected chi connectivity index (χ1v) is 6.75. The van der Waals surface area contributed by atoms with Crippen molar-refractivity contribution < 1.29 is 4.42 Å². The van der Waals surface area contributed by atoms with Crippen LogP contribution in [-0.4, -0.2) is 18.3 Å². The van der Waals surface area contributed by atoms with Gasteiger partial charge in [-0.15, -0.1) is 12.6 Å². The zero-order chi connectivity index (χ0) is 15.1. The number of rotatable bonds is 3. The lowest BCUT2D eigenvalue weighted by atomic mass is 10.2. The summed E-state index contributed by atoms with van der Waals surface area (Å²) >= 11 is 3.33. The van der Waals surface area contributed by atoms with Crippen LogP contribution in [0.3, 0.4) is 0 Å². The molecule has 108 valence electrons. The predicted octanol–water partition coefficient (Wildman–Crippen LogP) is 2.45. The molecule has 0 aliphatic carbocycles. The number of para-hydroxylation sites is 1. The summed E-state index contributed by atoms with van der Waals surface area (Å²) in [6, 6.07) is 9.46. The Labute approximate surface area is 123 Å². The first-order chi connectivity index (χ1) is 9.49. The summed E-state index contributed by atoms with van der Waals surface area (Å²) in [6.45, 7) is 5.66. The molecule has 6 heteroatoms. The van der Waals surface area contributed by atoms with Gasteiger partial charge in [0.05, 0.1) is 0 Å². The van der Waals surface area contributed by atoms with Crippen LogP contribution in [-0.2, 0) is 0 Å². The van der Waals surface area contributed by atoms with Gasteiger partial charge in [0.25, 0.3) is 0 Å². The third-order valence-corrected chi connectivity index (χ3v) is 2.73. The average molecular weight is 293 g/mol. The third kappa shape index (κ3) is 4.31. The summed E-state index contributed by atoms with van der Waals surface area (Å²) in [7, 11) is 0. The summed E-state index contributed by atoms with van der Waals surface area (Å²) in [5, 5.41) is 6.97. The molecule has 1 heterocycles. The molecule has 20 heavy (non-hydrogen) atoms. The average Bonchev–Trinajstić information content (AvgIpc) is 2.40. The Balaban J connectivity index is 0.000000444. The lowest BCUT2D eigenvalue weighted by molar-refractivity contribution is 0.558. The highest BCUT2D eigenvalue weighted by atomic mass is 32.1. The molecule has 0 saturated carbocycles. The Morgan fingerprint density at radius 1 is 1.35 bits per heavy atom. The second-order valence-corrected chi connectivity index (χ2v) is 4.50. The molecule has 0 spiro atoms. The molecule has 1 aromatic heterocycles. The van der Waals surface area contributed by atoms with Crippen molar-refractivity contribution in [3.05, 3.63) is 40.8 Å². The van der Waals surface area contributed by atoms with E-state index in [1.165, 1.54) is 0 Å². The monoisotopic (exact) mass is 293 g/mol. The van der Waals surface area contributed by atoms with Gasteiger partial charge in [-0.05, 0) is 26.0 Å². The summed E-state index contributed by atoms with van der Waals surface area (Å²) in [5.41, 5.74) is 5.58. The molecule has 2 rings (SSSR count). The molecule has 0 aliphatic heterocycles. The number of fused-ring (bicyclic) bond motifs is 1. The highest BCUT2D eigenvalue weighted by molar-refractivity contribution is 7.96. The van der Waals surface area contributed by atoms with Crippen LogP contribution in [0.4, 0.5) is 5.69 Å². The van der Waals surface area contributed by atoms with Gasteiger partial charge in [0.15, 0.2) is 0 Å². The zero-order valence-corrected chi connectivity index (χ0v) is 12.5. The quantitative estimate of drug-likeness (QED) is 0.351. The third-order valence-electron chi connectivity index (χ3n) is 2.73. The summed E-state index contributed by atoms with van der Waals surface area (Å²) in [6.07, 6.45) is 0. The van der Waals surface area contributed by atoms with E-state index in [1.807, 2.05) is 49.1 Å². The first kappa shape index (κ1) is 16.1. The molecule has 1 aromatic carbocycles. The molecule has 0 unspecified atom stereocenters. The summed E-state index contributed by atoms with van der Waals surface area (Å²) in [5.74, 6) is 0. The Kier molecular flexibility index (Phi) is 6.11. The van der Waals surface area contributed by atoms with Gasteiger partial charge < -0.3 is 15.1 Å². The fourth-order valence-corrected chi connectivity index (χ4v) is 1.84. The standard InChI is InChI=1S/C13H15NO2.CH4N2S/c1-3-14(4-2)11-9-10-7-5-6-8-12(10)16-13(11)15;2-1(3)4/h5-9H,3-4H2,1-2H3;(H4,2,3,4). The molecule has 0 saturated heterocycles. The maximum absolute atomic E-state index is 11.8. The fraction of sp³-hybridized carbons (Fsp3) is 0.286. The lowest BCUT2D eigenvalue weighted by Gasteiger charge is -2.19. The van der Waals surface area contributed by atoms with Crippen LogP contribution in [0.5, 0.6) is 0 Å². The molecule has 0 bridgehead atoms. The van der Waals surface area contributed by atoms with Crippen LogP contribution in [0, 0.1) is 5.41 Å². The van der Waals surface area contributed by atoms with Crippen LogP contribution >= 0.6 is 12.6 Å². The van der Waals surface area contributed by atoms with Gasteiger partial charge in [-0.3, -0.25) is 5.41 Å². The Morgan fingerprint density at radius 2 is 1.90 bits per heavy atom. The van der Waals surface area contributed by atoms with Crippen molar-refractivity contribution in [1.29, 1.82) is 5.41 Å². The van der Waals surface area contributed by atoms with E-state index in [0.29, 0.717) is 11.3 Å². The number of nitrogens with zero attached hydrogens (tertiary/aromatic N) is 1. The summed E-state index contributed by atoms with van der Waals surface area (Å²) < 4.78 is 5.28. The van der Waals surface area contributed by atoms with Gasteiger partial charge in [-0.2, -0.15) is 0 Å². The van der Waals surface area contributed by atoms with Crippen molar-refractivity contribution in [3.8, 4) is 0 Å². The van der Waals surface area contributed by atoms with Crippen molar-refractivity contribution in [2.75, 3.05) is 18.0 Å². The number of benzene rings is 1. The number of hydrogen-bond donors (Lipinski definition) is 3. The number of amidine groups is 1. The second kappa shape index (κ2) is 7.59. The van der Waals surface area contributed by atoms with E-state index in [9.17, 15) is 4.79 Å². The van der Waals surface area contributed by atoms with Crippen LogP contribution in [0.25, 0.3) is 11.0 Å². The molecule has 0 fully saturated rings. The minimum Gasteiger partial charge on any atom is -0.421 e. The zero-order valence-electron chi connectivity index (χ0n) is 11.6. The molecule has 0 aliphatic rings. The minimum atomic E-state index is -0.262. The van der Waals surface area contributed by atoms with Crippen molar-refractivity contribution in [1.82, 2.24) is 0 Å². The largest absolute Gasteiger partial charge is 0.421 e. The molecule has 5 nitrogen and oxygen atoms in total. The van der Waals surface area contributed by atoms with E-state index < -0.39 is 0 Å². The molecule has 0 amide bonds. The minimum absolute atomic E-state index is 0.139. The van der Waals surface area contributed by atoms with Crippen molar-refractivity contribution in [3.63, 3.8) is 0 Å². The van der Waals surface area contributed by atoms with E-state index in [-0.39, 0.29) is 10.8 Å². The van der Waals surface area contributed by atoms with Gasteiger partial charge in [0, 0.05) is 18.5 Å². The SMILES string of the molecule is CCN(CC)c1cc2ccccc2oc1=O.N=C(N)S. The number of nitrogens with two attached hydrogens (primary N) is 1. The van der Waals surface area contributed by atoms with Crippen molar-refractivity contribution >= 4 is 34.5 Å². The van der Waals surface area contributed by atoms with E-state index in [0.717, 1.165) is 18.5 Å². The van der Waals surface area contributed by atoms with Crippen molar-refractivity contribution in [2.45, 2.75) is 13.8 Å². The summed E-state index contributed by atoms with van der Waals surface area (Å²) in [4.78, 5) is 13.8.